The van der Waals surface area contributed by atoms with Crippen molar-refractivity contribution < 1.29 is 4.79 Å². The smallest absolute Gasteiger partial charge is 0.261 e. The lowest BCUT2D eigenvalue weighted by Gasteiger charge is -2.23. The molecule has 0 atom stereocenters. The van der Waals surface area contributed by atoms with Gasteiger partial charge in [-0.2, -0.15) is 0 Å². The molecular formula is C26H27N3O2S. The number of para-hydroxylation sites is 1. The van der Waals surface area contributed by atoms with E-state index in [2.05, 4.69) is 36.2 Å². The molecule has 4 aromatic rings. The molecule has 0 fully saturated rings. The Labute approximate surface area is 192 Å². The van der Waals surface area contributed by atoms with E-state index in [1.807, 2.05) is 48.2 Å². The maximum atomic E-state index is 13.2. The van der Waals surface area contributed by atoms with Crippen LogP contribution in [0.2, 0.25) is 0 Å². The van der Waals surface area contributed by atoms with Gasteiger partial charge in [0, 0.05) is 29.3 Å². The van der Waals surface area contributed by atoms with E-state index in [-0.39, 0.29) is 17.9 Å². The second kappa shape index (κ2) is 9.92. The van der Waals surface area contributed by atoms with Gasteiger partial charge in [0.2, 0.25) is 5.91 Å². The minimum absolute atomic E-state index is 0.0476. The van der Waals surface area contributed by atoms with Gasteiger partial charge in [0.15, 0.2) is 0 Å². The minimum Gasteiger partial charge on any atom is -0.337 e. The maximum Gasteiger partial charge on any atom is 0.261 e. The van der Waals surface area contributed by atoms with Gasteiger partial charge >= 0.3 is 0 Å². The monoisotopic (exact) mass is 445 g/mol. The number of aryl methyl sites for hydroxylation is 2. The second-order valence-electron chi connectivity index (χ2n) is 7.95. The van der Waals surface area contributed by atoms with Crippen molar-refractivity contribution in [2.24, 2.45) is 0 Å². The van der Waals surface area contributed by atoms with Crippen molar-refractivity contribution in [1.82, 2.24) is 14.5 Å². The zero-order valence-corrected chi connectivity index (χ0v) is 19.3. The molecule has 0 N–H and O–H groups in total. The van der Waals surface area contributed by atoms with Crippen molar-refractivity contribution in [2.45, 2.75) is 39.8 Å². The number of fused-ring (bicyclic) bond motifs is 1. The molecule has 2 aromatic carbocycles. The van der Waals surface area contributed by atoms with Gasteiger partial charge in [0.05, 0.1) is 17.4 Å². The molecule has 2 heterocycles. The zero-order chi connectivity index (χ0) is 22.5. The van der Waals surface area contributed by atoms with Gasteiger partial charge in [0.25, 0.3) is 5.56 Å². The molecule has 1 amide bonds. The molecule has 0 saturated carbocycles. The number of rotatable bonds is 8. The molecule has 5 nitrogen and oxygen atoms in total. The first-order valence-corrected chi connectivity index (χ1v) is 11.7. The van der Waals surface area contributed by atoms with E-state index in [1.165, 1.54) is 15.3 Å². The molecule has 0 saturated heterocycles. The molecule has 0 unspecified atom stereocenters. The second-order valence-corrected chi connectivity index (χ2v) is 9.32. The Hall–Kier alpha value is -3.25. The van der Waals surface area contributed by atoms with E-state index in [1.54, 1.807) is 22.0 Å². The highest BCUT2D eigenvalue weighted by Gasteiger charge is 2.17. The predicted molar refractivity (Wildman–Crippen MR) is 130 cm³/mol. The lowest BCUT2D eigenvalue weighted by atomic mass is 10.1. The molecule has 32 heavy (non-hydrogen) atoms. The fraction of sp³-hybridized carbons (Fsp3) is 0.269. The Kier molecular flexibility index (Phi) is 6.81. The lowest BCUT2D eigenvalue weighted by Crippen LogP contribution is -2.34. The van der Waals surface area contributed by atoms with Gasteiger partial charge in [-0.05, 0) is 50.1 Å². The first-order chi connectivity index (χ1) is 15.5. The summed E-state index contributed by atoms with van der Waals surface area (Å²) < 4.78 is 1.62. The zero-order valence-electron chi connectivity index (χ0n) is 18.5. The number of thiophene rings is 1. The van der Waals surface area contributed by atoms with E-state index < -0.39 is 0 Å². The molecule has 164 valence electrons. The number of hydrogen-bond donors (Lipinski definition) is 0. The largest absolute Gasteiger partial charge is 0.337 e. The third-order valence-corrected chi connectivity index (χ3v) is 6.60. The summed E-state index contributed by atoms with van der Waals surface area (Å²) in [6.45, 7) is 5.45. The van der Waals surface area contributed by atoms with Crippen molar-refractivity contribution in [1.29, 1.82) is 0 Å². The summed E-state index contributed by atoms with van der Waals surface area (Å²) in [6.07, 6.45) is 1.06. The molecular weight excluding hydrogens is 418 g/mol. The number of carbonyl (C=O) groups is 1. The molecule has 0 aliphatic carbocycles. The number of carbonyl (C=O) groups excluding carboxylic acids is 1. The highest BCUT2D eigenvalue weighted by atomic mass is 32.1. The average Bonchev–Trinajstić information content (AvgIpc) is 3.21. The highest BCUT2D eigenvalue weighted by molar-refractivity contribution is 7.11. The number of hydrogen-bond acceptors (Lipinski definition) is 4. The lowest BCUT2D eigenvalue weighted by molar-refractivity contribution is -0.132. The van der Waals surface area contributed by atoms with Gasteiger partial charge in [-0.25, -0.2) is 4.98 Å². The van der Waals surface area contributed by atoms with Crippen LogP contribution in [0.3, 0.4) is 0 Å². The minimum atomic E-state index is -0.0920. The summed E-state index contributed by atoms with van der Waals surface area (Å²) in [6, 6.07) is 21.7. The van der Waals surface area contributed by atoms with Crippen LogP contribution in [-0.4, -0.2) is 26.9 Å². The van der Waals surface area contributed by atoms with Crippen LogP contribution in [0, 0.1) is 13.8 Å². The van der Waals surface area contributed by atoms with Gasteiger partial charge in [-0.1, -0.05) is 42.5 Å². The Morgan fingerprint density at radius 2 is 1.75 bits per heavy atom. The predicted octanol–water partition coefficient (Wildman–Crippen LogP) is 4.74. The van der Waals surface area contributed by atoms with Crippen molar-refractivity contribution in [3.8, 4) is 0 Å². The van der Waals surface area contributed by atoms with Crippen LogP contribution in [0.25, 0.3) is 10.9 Å². The molecule has 2 aromatic heterocycles. The fourth-order valence-corrected chi connectivity index (χ4v) is 4.77. The topological polar surface area (TPSA) is 55.2 Å². The number of benzene rings is 2. The normalized spacial score (nSPS) is 11.1. The van der Waals surface area contributed by atoms with Crippen molar-refractivity contribution >= 4 is 28.1 Å². The van der Waals surface area contributed by atoms with E-state index in [4.69, 9.17) is 0 Å². The maximum absolute atomic E-state index is 13.2. The number of amides is 1. The van der Waals surface area contributed by atoms with Gasteiger partial charge in [0.1, 0.15) is 5.82 Å². The Morgan fingerprint density at radius 1 is 1.00 bits per heavy atom. The number of aromatic nitrogens is 2. The molecule has 0 aliphatic heterocycles. The Morgan fingerprint density at radius 3 is 2.50 bits per heavy atom. The summed E-state index contributed by atoms with van der Waals surface area (Å²) >= 11 is 1.72. The SMILES string of the molecule is Cc1ccc(CN(CCc2ccccc2)C(=O)CCn2c(C)nc3ccccc3c2=O)s1. The first-order valence-electron chi connectivity index (χ1n) is 10.8. The summed E-state index contributed by atoms with van der Waals surface area (Å²) in [5, 5.41) is 0.584. The third kappa shape index (κ3) is 5.14. The molecule has 4 rings (SSSR count). The van der Waals surface area contributed by atoms with Crippen LogP contribution in [-0.2, 0) is 24.3 Å². The van der Waals surface area contributed by atoms with Crippen LogP contribution in [0.4, 0.5) is 0 Å². The van der Waals surface area contributed by atoms with Crippen molar-refractivity contribution in [3.63, 3.8) is 0 Å². The van der Waals surface area contributed by atoms with E-state index >= 15 is 0 Å². The summed E-state index contributed by atoms with van der Waals surface area (Å²) in [4.78, 5) is 35.0. The quantitative estimate of drug-likeness (QED) is 0.394. The van der Waals surface area contributed by atoms with Crippen LogP contribution in [0.15, 0.2) is 71.5 Å². The van der Waals surface area contributed by atoms with Crippen LogP contribution < -0.4 is 5.56 Å². The van der Waals surface area contributed by atoms with Crippen molar-refractivity contribution in [2.75, 3.05) is 6.54 Å². The van der Waals surface area contributed by atoms with E-state index in [9.17, 15) is 9.59 Å². The standard InChI is InChI=1S/C26H27N3O2S/c1-19-12-13-22(32-19)18-28(16-14-21-8-4-3-5-9-21)25(30)15-17-29-20(2)27-24-11-7-6-10-23(24)26(29)31/h3-13H,14-18H2,1-2H3. The van der Waals surface area contributed by atoms with Crippen LogP contribution in [0.1, 0.15) is 27.6 Å². The van der Waals surface area contributed by atoms with Gasteiger partial charge in [-0.15, -0.1) is 11.3 Å². The van der Waals surface area contributed by atoms with Crippen molar-refractivity contribution in [3.05, 3.63) is 98.2 Å². The van der Waals surface area contributed by atoms with E-state index in [0.29, 0.717) is 36.4 Å². The van der Waals surface area contributed by atoms with Crippen LogP contribution >= 0.6 is 11.3 Å². The molecule has 0 radical (unpaired) electrons. The molecule has 0 aliphatic rings. The summed E-state index contributed by atoms with van der Waals surface area (Å²) in [5.41, 5.74) is 1.80. The third-order valence-electron chi connectivity index (χ3n) is 5.61. The van der Waals surface area contributed by atoms with E-state index in [0.717, 1.165) is 6.42 Å². The summed E-state index contributed by atoms with van der Waals surface area (Å²) in [5.74, 6) is 0.678. The summed E-state index contributed by atoms with van der Waals surface area (Å²) in [7, 11) is 0. The molecule has 0 bridgehead atoms. The van der Waals surface area contributed by atoms with Crippen LogP contribution in [0.5, 0.6) is 0 Å². The number of nitrogens with zero attached hydrogens (tertiary/aromatic N) is 3. The first kappa shape index (κ1) is 22.0. The average molecular weight is 446 g/mol. The van der Waals surface area contributed by atoms with Gasteiger partial charge < -0.3 is 4.90 Å². The Bertz CT molecular complexity index is 1280. The molecule has 0 spiro atoms. The Balaban J connectivity index is 1.50. The highest BCUT2D eigenvalue weighted by Crippen LogP contribution is 2.18. The fourth-order valence-electron chi connectivity index (χ4n) is 3.87. The van der Waals surface area contributed by atoms with Gasteiger partial charge in [-0.3, -0.25) is 14.2 Å². The molecule has 6 heteroatoms.